The van der Waals surface area contributed by atoms with E-state index in [9.17, 15) is 0 Å². The fraction of sp³-hybridized carbons (Fsp3) is 1.00. The van der Waals surface area contributed by atoms with Crippen molar-refractivity contribution in [1.82, 2.24) is 0 Å². The highest BCUT2D eigenvalue weighted by Crippen LogP contribution is 2.43. The third kappa shape index (κ3) is 3.70. The van der Waals surface area contributed by atoms with E-state index in [-0.39, 0.29) is 0 Å². The summed E-state index contributed by atoms with van der Waals surface area (Å²) in [4.78, 5) is 0. The Hall–Kier alpha value is 0. The van der Waals surface area contributed by atoms with Crippen molar-refractivity contribution >= 4 is 0 Å². The number of hydrogen-bond acceptors (Lipinski definition) is 0. The number of hydrogen-bond donors (Lipinski definition) is 0. The van der Waals surface area contributed by atoms with Crippen LogP contribution >= 0.6 is 0 Å². The number of rotatable bonds is 2. The lowest BCUT2D eigenvalue weighted by Crippen LogP contribution is -2.28. The SMILES string of the molecule is CC.CCCC1(C)CCCCC1C. The quantitative estimate of drug-likeness (QED) is 0.564. The minimum absolute atomic E-state index is 0.688. The van der Waals surface area contributed by atoms with Gasteiger partial charge < -0.3 is 0 Å². The van der Waals surface area contributed by atoms with E-state index >= 15 is 0 Å². The van der Waals surface area contributed by atoms with Crippen LogP contribution in [0.4, 0.5) is 0 Å². The predicted molar refractivity (Wildman–Crippen MR) is 62.0 cm³/mol. The van der Waals surface area contributed by atoms with Gasteiger partial charge in [0.25, 0.3) is 0 Å². The Morgan fingerprint density at radius 2 is 1.85 bits per heavy atom. The average Bonchev–Trinajstić information content (AvgIpc) is 2.14. The van der Waals surface area contributed by atoms with Gasteiger partial charge in [-0.25, -0.2) is 0 Å². The first kappa shape index (κ1) is 13.0. The summed E-state index contributed by atoms with van der Waals surface area (Å²) in [6, 6.07) is 0. The van der Waals surface area contributed by atoms with Crippen LogP contribution in [0.5, 0.6) is 0 Å². The first-order valence-corrected chi connectivity index (χ1v) is 6.19. The van der Waals surface area contributed by atoms with E-state index in [1.54, 1.807) is 0 Å². The molecule has 0 bridgehead atoms. The summed E-state index contributed by atoms with van der Waals surface area (Å²) in [6.45, 7) is 11.2. The van der Waals surface area contributed by atoms with Gasteiger partial charge in [0.05, 0.1) is 0 Å². The van der Waals surface area contributed by atoms with Crippen molar-refractivity contribution in [3.63, 3.8) is 0 Å². The first-order chi connectivity index (χ1) is 6.19. The largest absolute Gasteiger partial charge is 0.0683 e. The van der Waals surface area contributed by atoms with Crippen molar-refractivity contribution in [1.29, 1.82) is 0 Å². The molecule has 1 fully saturated rings. The van der Waals surface area contributed by atoms with E-state index < -0.39 is 0 Å². The van der Waals surface area contributed by atoms with Crippen molar-refractivity contribution in [3.05, 3.63) is 0 Å². The van der Waals surface area contributed by atoms with E-state index in [1.807, 2.05) is 13.8 Å². The van der Waals surface area contributed by atoms with Crippen molar-refractivity contribution in [3.8, 4) is 0 Å². The van der Waals surface area contributed by atoms with Crippen molar-refractivity contribution in [2.24, 2.45) is 11.3 Å². The molecule has 13 heavy (non-hydrogen) atoms. The molecule has 2 atom stereocenters. The maximum Gasteiger partial charge on any atom is -0.0300 e. The Kier molecular flexibility index (Phi) is 6.45. The second kappa shape index (κ2) is 6.45. The molecule has 0 heteroatoms. The standard InChI is InChI=1S/C11H22.C2H6/c1-4-8-11(3)9-6-5-7-10(11)2;1-2/h10H,4-9H2,1-3H3;1-2H3. The van der Waals surface area contributed by atoms with E-state index in [1.165, 1.54) is 38.5 Å². The molecule has 2 unspecified atom stereocenters. The molecule has 0 heterocycles. The summed E-state index contributed by atoms with van der Waals surface area (Å²) in [7, 11) is 0. The van der Waals surface area contributed by atoms with Gasteiger partial charge in [0.2, 0.25) is 0 Å². The van der Waals surface area contributed by atoms with Gasteiger partial charge >= 0.3 is 0 Å². The lowest BCUT2D eigenvalue weighted by Gasteiger charge is -2.39. The monoisotopic (exact) mass is 184 g/mol. The smallest absolute Gasteiger partial charge is 0.0300 e. The van der Waals surface area contributed by atoms with Crippen LogP contribution in [-0.4, -0.2) is 0 Å². The Labute approximate surface area is 85.1 Å². The zero-order valence-electron chi connectivity index (χ0n) is 10.3. The topological polar surface area (TPSA) is 0 Å². The molecule has 0 amide bonds. The molecule has 0 spiro atoms. The molecule has 0 aromatic rings. The molecule has 1 rings (SSSR count). The minimum Gasteiger partial charge on any atom is -0.0683 e. The lowest BCUT2D eigenvalue weighted by molar-refractivity contribution is 0.117. The van der Waals surface area contributed by atoms with Crippen LogP contribution in [-0.2, 0) is 0 Å². The van der Waals surface area contributed by atoms with Gasteiger partial charge in [-0.2, -0.15) is 0 Å². The van der Waals surface area contributed by atoms with Crippen molar-refractivity contribution in [2.75, 3.05) is 0 Å². The fourth-order valence-corrected chi connectivity index (χ4v) is 2.52. The highest BCUT2D eigenvalue weighted by molar-refractivity contribution is 4.83. The Bertz CT molecular complexity index is 113. The molecule has 80 valence electrons. The average molecular weight is 184 g/mol. The van der Waals surface area contributed by atoms with E-state index in [0.29, 0.717) is 5.41 Å². The molecular weight excluding hydrogens is 156 g/mol. The molecule has 0 saturated heterocycles. The molecule has 0 nitrogen and oxygen atoms in total. The Balaban J connectivity index is 0.000000671. The zero-order chi connectivity index (χ0) is 10.3. The summed E-state index contributed by atoms with van der Waals surface area (Å²) in [5, 5.41) is 0. The van der Waals surface area contributed by atoms with Gasteiger partial charge in [-0.15, -0.1) is 0 Å². The highest BCUT2D eigenvalue weighted by atomic mass is 14.4. The third-order valence-electron chi connectivity index (χ3n) is 3.65. The second-order valence-electron chi connectivity index (χ2n) is 4.55. The molecule has 1 saturated carbocycles. The van der Waals surface area contributed by atoms with Crippen LogP contribution < -0.4 is 0 Å². The normalized spacial score (nSPS) is 33.5. The maximum atomic E-state index is 2.49. The van der Waals surface area contributed by atoms with E-state index in [0.717, 1.165) is 5.92 Å². The summed E-state index contributed by atoms with van der Waals surface area (Å²) in [5.74, 6) is 0.969. The molecule has 0 aromatic carbocycles. The summed E-state index contributed by atoms with van der Waals surface area (Å²) >= 11 is 0. The van der Waals surface area contributed by atoms with Crippen molar-refractivity contribution in [2.45, 2.75) is 73.1 Å². The maximum absolute atomic E-state index is 2.49. The molecule has 0 N–H and O–H groups in total. The van der Waals surface area contributed by atoms with Gasteiger partial charge in [-0.3, -0.25) is 0 Å². The summed E-state index contributed by atoms with van der Waals surface area (Å²) < 4.78 is 0. The molecule has 1 aliphatic carbocycles. The van der Waals surface area contributed by atoms with Crippen molar-refractivity contribution < 1.29 is 0 Å². The second-order valence-corrected chi connectivity index (χ2v) is 4.55. The van der Waals surface area contributed by atoms with E-state index in [2.05, 4.69) is 20.8 Å². The highest BCUT2D eigenvalue weighted by Gasteiger charge is 2.32. The van der Waals surface area contributed by atoms with Crippen LogP contribution in [0.1, 0.15) is 73.1 Å². The molecule has 1 aliphatic rings. The van der Waals surface area contributed by atoms with Crippen LogP contribution in [0.2, 0.25) is 0 Å². The van der Waals surface area contributed by atoms with Crippen LogP contribution in [0.15, 0.2) is 0 Å². The van der Waals surface area contributed by atoms with E-state index in [4.69, 9.17) is 0 Å². The lowest BCUT2D eigenvalue weighted by atomic mass is 9.66. The van der Waals surface area contributed by atoms with Crippen LogP contribution in [0.3, 0.4) is 0 Å². The van der Waals surface area contributed by atoms with Gasteiger partial charge in [0.1, 0.15) is 0 Å². The Morgan fingerprint density at radius 1 is 1.23 bits per heavy atom. The Morgan fingerprint density at radius 3 is 2.31 bits per heavy atom. The third-order valence-corrected chi connectivity index (χ3v) is 3.65. The molecule has 0 aromatic heterocycles. The zero-order valence-corrected chi connectivity index (χ0v) is 10.3. The predicted octanol–water partition coefficient (Wildman–Crippen LogP) is 5.03. The summed E-state index contributed by atoms with van der Waals surface area (Å²) in [6.07, 6.45) is 8.69. The first-order valence-electron chi connectivity index (χ1n) is 6.19. The van der Waals surface area contributed by atoms with Gasteiger partial charge in [0.15, 0.2) is 0 Å². The molecule has 0 aliphatic heterocycles. The molecule has 0 radical (unpaired) electrons. The van der Waals surface area contributed by atoms with Crippen LogP contribution in [0, 0.1) is 11.3 Å². The molecular formula is C13H28. The summed E-state index contributed by atoms with van der Waals surface area (Å²) in [5.41, 5.74) is 0.688. The van der Waals surface area contributed by atoms with Gasteiger partial charge in [-0.05, 0) is 24.2 Å². The van der Waals surface area contributed by atoms with Gasteiger partial charge in [-0.1, -0.05) is 60.3 Å². The minimum atomic E-state index is 0.688. The fourth-order valence-electron chi connectivity index (χ4n) is 2.52. The van der Waals surface area contributed by atoms with Crippen LogP contribution in [0.25, 0.3) is 0 Å². The van der Waals surface area contributed by atoms with Gasteiger partial charge in [0, 0.05) is 0 Å².